The summed E-state index contributed by atoms with van der Waals surface area (Å²) in [7, 11) is 1.32. The molecule has 0 aliphatic rings. The van der Waals surface area contributed by atoms with E-state index in [-0.39, 0.29) is 18.2 Å². The van der Waals surface area contributed by atoms with Crippen LogP contribution in [0.25, 0.3) is 0 Å². The molecule has 0 spiro atoms. The molecule has 0 aromatic heterocycles. The summed E-state index contributed by atoms with van der Waals surface area (Å²) in [5.41, 5.74) is -0.512. The van der Waals surface area contributed by atoms with Gasteiger partial charge in [0.15, 0.2) is 0 Å². The van der Waals surface area contributed by atoms with E-state index in [1.807, 2.05) is 0 Å². The number of hydrogen-bond acceptors (Lipinski definition) is 5. The van der Waals surface area contributed by atoms with Crippen LogP contribution in [0.15, 0.2) is 0 Å². The van der Waals surface area contributed by atoms with Gasteiger partial charge in [0.25, 0.3) is 0 Å². The molecule has 0 radical (unpaired) electrons. The Balaban J connectivity index is 3.93. The molecule has 1 amide bonds. The van der Waals surface area contributed by atoms with Crippen molar-refractivity contribution in [3.8, 4) is 0 Å². The number of unbranched alkanes of at least 4 members (excludes halogenated alkanes) is 1. The second-order valence-corrected chi connectivity index (χ2v) is 6.05. The summed E-state index contributed by atoms with van der Waals surface area (Å²) in [5.74, 6) is -0.781. The molecule has 0 aliphatic heterocycles. The van der Waals surface area contributed by atoms with Crippen LogP contribution in [0.2, 0.25) is 0 Å². The summed E-state index contributed by atoms with van der Waals surface area (Å²) in [6, 6.07) is 0. The molecule has 0 aromatic carbocycles. The lowest BCUT2D eigenvalue weighted by molar-refractivity contribution is -0.147. The maximum absolute atomic E-state index is 11.5. The van der Waals surface area contributed by atoms with Crippen molar-refractivity contribution >= 4 is 17.8 Å². The Hall–Kier alpha value is -1.59. The van der Waals surface area contributed by atoms with Crippen molar-refractivity contribution in [1.82, 2.24) is 5.32 Å². The van der Waals surface area contributed by atoms with Gasteiger partial charge in [-0.2, -0.15) is 0 Å². The zero-order chi connectivity index (χ0) is 16.5. The molecule has 1 N–H and O–H groups in total. The summed E-state index contributed by atoms with van der Waals surface area (Å²) in [5, 5.41) is 2.65. The third kappa shape index (κ3) is 10.8. The molecule has 21 heavy (non-hydrogen) atoms. The van der Waals surface area contributed by atoms with Crippen molar-refractivity contribution < 1.29 is 23.9 Å². The van der Waals surface area contributed by atoms with Gasteiger partial charge in [-0.1, -0.05) is 6.42 Å². The minimum atomic E-state index is -0.512. The second kappa shape index (κ2) is 9.37. The number of methoxy groups -OCH3 is 1. The van der Waals surface area contributed by atoms with Crippen LogP contribution in [-0.2, 0) is 19.1 Å². The van der Waals surface area contributed by atoms with Crippen LogP contribution in [0.3, 0.4) is 0 Å². The van der Waals surface area contributed by atoms with E-state index >= 15 is 0 Å². The zero-order valence-electron chi connectivity index (χ0n) is 13.7. The van der Waals surface area contributed by atoms with Crippen molar-refractivity contribution in [1.29, 1.82) is 0 Å². The van der Waals surface area contributed by atoms with E-state index < -0.39 is 17.6 Å². The molecule has 6 heteroatoms. The van der Waals surface area contributed by atoms with Crippen molar-refractivity contribution in [2.75, 3.05) is 13.7 Å². The Kier molecular flexibility index (Phi) is 8.66. The Morgan fingerprint density at radius 3 is 2.24 bits per heavy atom. The van der Waals surface area contributed by atoms with Gasteiger partial charge in [-0.3, -0.25) is 4.79 Å². The van der Waals surface area contributed by atoms with Gasteiger partial charge in [-0.25, -0.2) is 4.79 Å². The Labute approximate surface area is 126 Å². The van der Waals surface area contributed by atoms with E-state index in [9.17, 15) is 14.4 Å². The third-order valence-electron chi connectivity index (χ3n) is 2.72. The van der Waals surface area contributed by atoms with Gasteiger partial charge < -0.3 is 19.6 Å². The number of alkyl carbamates (subject to hydrolysis) is 1. The van der Waals surface area contributed by atoms with Crippen molar-refractivity contribution in [3.63, 3.8) is 0 Å². The van der Waals surface area contributed by atoms with Gasteiger partial charge in [0.05, 0.1) is 13.0 Å². The number of ether oxygens (including phenoxy) is 2. The highest BCUT2D eigenvalue weighted by Crippen LogP contribution is 2.15. The molecule has 0 aromatic rings. The Bertz CT molecular complexity index is 360. The van der Waals surface area contributed by atoms with Gasteiger partial charge in [-0.05, 0) is 40.5 Å². The predicted molar refractivity (Wildman–Crippen MR) is 78.9 cm³/mol. The van der Waals surface area contributed by atoms with Crippen LogP contribution in [-0.4, -0.2) is 37.1 Å². The fourth-order valence-corrected chi connectivity index (χ4v) is 1.84. The monoisotopic (exact) mass is 301 g/mol. The lowest BCUT2D eigenvalue weighted by atomic mass is 9.96. The molecule has 0 bridgehead atoms. The van der Waals surface area contributed by atoms with Crippen LogP contribution >= 0.6 is 0 Å². The first-order chi connectivity index (χ1) is 9.65. The maximum atomic E-state index is 11.5. The number of esters is 1. The van der Waals surface area contributed by atoms with E-state index in [1.165, 1.54) is 14.0 Å². The number of amides is 1. The van der Waals surface area contributed by atoms with Crippen molar-refractivity contribution in [2.24, 2.45) is 5.92 Å². The van der Waals surface area contributed by atoms with Gasteiger partial charge in [0.1, 0.15) is 11.4 Å². The van der Waals surface area contributed by atoms with Crippen molar-refractivity contribution in [3.05, 3.63) is 0 Å². The average molecular weight is 301 g/mol. The average Bonchev–Trinajstić information content (AvgIpc) is 2.33. The Morgan fingerprint density at radius 1 is 1.14 bits per heavy atom. The summed E-state index contributed by atoms with van der Waals surface area (Å²) >= 11 is 0. The molecule has 0 heterocycles. The van der Waals surface area contributed by atoms with Gasteiger partial charge in [0, 0.05) is 13.0 Å². The molecule has 6 nitrogen and oxygen atoms in total. The van der Waals surface area contributed by atoms with E-state index in [4.69, 9.17) is 4.74 Å². The van der Waals surface area contributed by atoms with E-state index in [1.54, 1.807) is 20.8 Å². The minimum absolute atomic E-state index is 0.0303. The van der Waals surface area contributed by atoms with Gasteiger partial charge in [0.2, 0.25) is 0 Å². The van der Waals surface area contributed by atoms with Crippen LogP contribution < -0.4 is 5.32 Å². The Morgan fingerprint density at radius 2 is 1.76 bits per heavy atom. The molecule has 0 rings (SSSR count). The highest BCUT2D eigenvalue weighted by Gasteiger charge is 2.20. The summed E-state index contributed by atoms with van der Waals surface area (Å²) in [6.45, 7) is 7.34. The maximum Gasteiger partial charge on any atom is 0.407 e. The molecule has 0 saturated heterocycles. The van der Waals surface area contributed by atoms with Crippen LogP contribution in [0.4, 0.5) is 4.79 Å². The normalized spacial score (nSPS) is 12.4. The number of nitrogens with one attached hydrogen (secondary N) is 1. The molecular formula is C15H27NO5. The molecule has 0 fully saturated rings. The number of Topliss-reactive ketones (excluding diaryl/α,β-unsaturated/α-hetero) is 1. The van der Waals surface area contributed by atoms with E-state index in [2.05, 4.69) is 10.1 Å². The largest absolute Gasteiger partial charge is 0.469 e. The predicted octanol–water partition coefficient (Wildman–Crippen LogP) is 2.45. The highest BCUT2D eigenvalue weighted by molar-refractivity contribution is 5.82. The zero-order valence-corrected chi connectivity index (χ0v) is 13.7. The lowest BCUT2D eigenvalue weighted by Gasteiger charge is -2.19. The fraction of sp³-hybridized carbons (Fsp3) is 0.800. The first-order valence-corrected chi connectivity index (χ1v) is 7.20. The van der Waals surface area contributed by atoms with Crippen LogP contribution in [0, 0.1) is 5.92 Å². The number of hydrogen-bond donors (Lipinski definition) is 1. The molecular weight excluding hydrogens is 274 g/mol. The molecule has 122 valence electrons. The van der Waals surface area contributed by atoms with Gasteiger partial charge >= 0.3 is 12.1 Å². The molecule has 1 atom stereocenters. The SMILES string of the molecule is COC(=O)[C@H](CCCCNC(=O)OC(C)(C)C)CC(C)=O. The quantitative estimate of drug-likeness (QED) is 0.550. The van der Waals surface area contributed by atoms with Crippen LogP contribution in [0.5, 0.6) is 0 Å². The number of rotatable bonds is 8. The van der Waals surface area contributed by atoms with E-state index in [0.29, 0.717) is 19.4 Å². The first-order valence-electron chi connectivity index (χ1n) is 7.20. The summed E-state index contributed by atoms with van der Waals surface area (Å²) < 4.78 is 9.79. The van der Waals surface area contributed by atoms with Crippen molar-refractivity contribution in [2.45, 2.75) is 59.0 Å². The number of ketones is 1. The first kappa shape index (κ1) is 19.4. The van der Waals surface area contributed by atoms with Crippen LogP contribution in [0.1, 0.15) is 53.4 Å². The molecule has 0 saturated carbocycles. The molecule has 0 aliphatic carbocycles. The van der Waals surface area contributed by atoms with E-state index in [0.717, 1.165) is 6.42 Å². The smallest absolute Gasteiger partial charge is 0.407 e. The minimum Gasteiger partial charge on any atom is -0.469 e. The summed E-state index contributed by atoms with van der Waals surface area (Å²) in [4.78, 5) is 34.0. The fourth-order valence-electron chi connectivity index (χ4n) is 1.84. The lowest BCUT2D eigenvalue weighted by Crippen LogP contribution is -2.33. The second-order valence-electron chi connectivity index (χ2n) is 6.05. The highest BCUT2D eigenvalue weighted by atomic mass is 16.6. The topological polar surface area (TPSA) is 81.7 Å². The molecule has 0 unspecified atom stereocenters. The number of carbonyl (C=O) groups excluding carboxylic acids is 3. The standard InChI is InChI=1S/C15H27NO5/c1-11(17)10-12(13(18)20-5)8-6-7-9-16-14(19)21-15(2,3)4/h12H,6-10H2,1-5H3,(H,16,19)/t12-/m1/s1. The summed E-state index contributed by atoms with van der Waals surface area (Å²) in [6.07, 6.45) is 1.76. The van der Waals surface area contributed by atoms with Gasteiger partial charge in [-0.15, -0.1) is 0 Å². The number of carbonyl (C=O) groups is 3. The third-order valence-corrected chi connectivity index (χ3v) is 2.72.